The number of benzene rings is 1. The maximum absolute atomic E-state index is 13.9. The molecule has 2 fully saturated rings. The molecule has 9 heteroatoms. The van der Waals surface area contributed by atoms with E-state index in [0.29, 0.717) is 58.3 Å². The molecule has 0 aliphatic carbocycles. The number of nitrogens with zero attached hydrogens (tertiary/aromatic N) is 2. The Kier molecular flexibility index (Phi) is 8.05. The van der Waals surface area contributed by atoms with E-state index in [4.69, 9.17) is 0 Å². The molecule has 0 unspecified atom stereocenters. The molecule has 2 aliphatic rings. The van der Waals surface area contributed by atoms with Gasteiger partial charge >= 0.3 is 0 Å². The van der Waals surface area contributed by atoms with Crippen LogP contribution in [-0.4, -0.2) is 67.4 Å². The first kappa shape index (κ1) is 23.7. The Labute approximate surface area is 184 Å². The second kappa shape index (κ2) is 10.5. The van der Waals surface area contributed by atoms with Crippen molar-refractivity contribution in [1.29, 1.82) is 0 Å². The van der Waals surface area contributed by atoms with Gasteiger partial charge in [-0.2, -0.15) is 0 Å². The van der Waals surface area contributed by atoms with Gasteiger partial charge < -0.3 is 10.2 Å². The van der Waals surface area contributed by atoms with Gasteiger partial charge in [-0.25, -0.2) is 17.1 Å². The number of hydrogen-bond donors (Lipinski definition) is 1. The fourth-order valence-corrected chi connectivity index (χ4v) is 5.88. The van der Waals surface area contributed by atoms with E-state index in [1.165, 1.54) is 16.4 Å². The summed E-state index contributed by atoms with van der Waals surface area (Å²) in [6.45, 7) is 3.67. The molecule has 1 N–H and O–H groups in total. The first-order valence-corrected chi connectivity index (χ1v) is 12.7. The summed E-state index contributed by atoms with van der Waals surface area (Å²) < 4.78 is 40.0. The fourth-order valence-electron chi connectivity index (χ4n) is 4.20. The molecule has 0 bridgehead atoms. The van der Waals surface area contributed by atoms with Gasteiger partial charge in [-0.3, -0.25) is 9.59 Å². The summed E-state index contributed by atoms with van der Waals surface area (Å²) in [5.41, 5.74) is 0.0747. The average molecular weight is 454 g/mol. The highest BCUT2D eigenvalue weighted by molar-refractivity contribution is 7.89. The van der Waals surface area contributed by atoms with Crippen molar-refractivity contribution < 1.29 is 22.4 Å². The fraction of sp³-hybridized carbons (Fsp3) is 0.636. The standard InChI is InChI=1S/C22H32FN3O4S/c1-2-3-16-31(29,30)26-14-8-17(9-15-26)21(27)24-18-10-12-25(13-11-18)22(28)19-6-4-5-7-20(19)23/h4-7,17-18H,2-3,8-16H2,1H3,(H,24,27). The van der Waals surface area contributed by atoms with Crippen molar-refractivity contribution in [3.63, 3.8) is 0 Å². The Morgan fingerprint density at radius 3 is 2.32 bits per heavy atom. The van der Waals surface area contributed by atoms with E-state index in [-0.39, 0.29) is 35.1 Å². The van der Waals surface area contributed by atoms with Crippen molar-refractivity contribution in [2.75, 3.05) is 31.9 Å². The Hall–Kier alpha value is -2.00. The van der Waals surface area contributed by atoms with Crippen LogP contribution in [-0.2, 0) is 14.8 Å². The lowest BCUT2D eigenvalue weighted by Crippen LogP contribution is -2.49. The van der Waals surface area contributed by atoms with Gasteiger partial charge in [-0.1, -0.05) is 25.5 Å². The van der Waals surface area contributed by atoms with Crippen LogP contribution in [0.2, 0.25) is 0 Å². The molecule has 7 nitrogen and oxygen atoms in total. The van der Waals surface area contributed by atoms with Crippen molar-refractivity contribution in [3.8, 4) is 0 Å². The van der Waals surface area contributed by atoms with Gasteiger partial charge in [0.25, 0.3) is 5.91 Å². The number of rotatable bonds is 7. The van der Waals surface area contributed by atoms with Gasteiger partial charge in [0.15, 0.2) is 0 Å². The number of nitrogens with one attached hydrogen (secondary N) is 1. The summed E-state index contributed by atoms with van der Waals surface area (Å²) in [5.74, 6) is -0.893. The highest BCUT2D eigenvalue weighted by atomic mass is 32.2. The lowest BCUT2D eigenvalue weighted by Gasteiger charge is -2.35. The number of unbranched alkanes of at least 4 members (excludes halogenated alkanes) is 1. The lowest BCUT2D eigenvalue weighted by atomic mass is 9.95. The molecule has 2 saturated heterocycles. The van der Waals surface area contributed by atoms with Gasteiger partial charge in [0.1, 0.15) is 5.82 Å². The molecule has 2 heterocycles. The van der Waals surface area contributed by atoms with Crippen LogP contribution in [0.4, 0.5) is 4.39 Å². The number of hydrogen-bond acceptors (Lipinski definition) is 4. The van der Waals surface area contributed by atoms with E-state index in [0.717, 1.165) is 6.42 Å². The number of carbonyl (C=O) groups is 2. The maximum Gasteiger partial charge on any atom is 0.256 e. The van der Waals surface area contributed by atoms with Crippen molar-refractivity contribution in [1.82, 2.24) is 14.5 Å². The van der Waals surface area contributed by atoms with Gasteiger partial charge in [-0.05, 0) is 44.2 Å². The van der Waals surface area contributed by atoms with Crippen LogP contribution in [0.3, 0.4) is 0 Å². The highest BCUT2D eigenvalue weighted by Gasteiger charge is 2.32. The molecule has 0 saturated carbocycles. The minimum absolute atomic E-state index is 0.0245. The van der Waals surface area contributed by atoms with E-state index in [1.807, 2.05) is 6.92 Å². The third-order valence-corrected chi connectivity index (χ3v) is 8.16. The predicted molar refractivity (Wildman–Crippen MR) is 116 cm³/mol. The molecule has 0 spiro atoms. The molecule has 0 aromatic heterocycles. The third-order valence-electron chi connectivity index (χ3n) is 6.21. The monoisotopic (exact) mass is 453 g/mol. The topological polar surface area (TPSA) is 86.8 Å². The second-order valence-corrected chi connectivity index (χ2v) is 10.5. The number of carbonyl (C=O) groups excluding carboxylic acids is 2. The van der Waals surface area contributed by atoms with Crippen LogP contribution < -0.4 is 5.32 Å². The van der Waals surface area contributed by atoms with E-state index in [2.05, 4.69) is 5.32 Å². The molecule has 0 atom stereocenters. The number of likely N-dealkylation sites (tertiary alicyclic amines) is 1. The molecular weight excluding hydrogens is 421 g/mol. The quantitative estimate of drug-likeness (QED) is 0.687. The summed E-state index contributed by atoms with van der Waals surface area (Å²) in [4.78, 5) is 26.8. The minimum atomic E-state index is -3.22. The van der Waals surface area contributed by atoms with E-state index < -0.39 is 15.8 Å². The zero-order chi connectivity index (χ0) is 22.4. The van der Waals surface area contributed by atoms with Gasteiger partial charge in [0, 0.05) is 38.1 Å². The van der Waals surface area contributed by atoms with Crippen molar-refractivity contribution in [2.24, 2.45) is 5.92 Å². The Balaban J connectivity index is 1.43. The number of halogens is 1. The third kappa shape index (κ3) is 6.04. The van der Waals surface area contributed by atoms with Crippen molar-refractivity contribution in [2.45, 2.75) is 51.5 Å². The molecule has 31 heavy (non-hydrogen) atoms. The molecule has 2 aliphatic heterocycles. The van der Waals surface area contributed by atoms with Crippen molar-refractivity contribution in [3.05, 3.63) is 35.6 Å². The first-order valence-electron chi connectivity index (χ1n) is 11.1. The van der Waals surface area contributed by atoms with Crippen LogP contribution in [0.25, 0.3) is 0 Å². The molecule has 172 valence electrons. The minimum Gasteiger partial charge on any atom is -0.353 e. The second-order valence-electron chi connectivity index (χ2n) is 8.40. The Bertz CT molecular complexity index is 876. The smallest absolute Gasteiger partial charge is 0.256 e. The lowest BCUT2D eigenvalue weighted by molar-refractivity contribution is -0.127. The summed E-state index contributed by atoms with van der Waals surface area (Å²) >= 11 is 0. The van der Waals surface area contributed by atoms with Gasteiger partial charge in [0.05, 0.1) is 11.3 Å². The van der Waals surface area contributed by atoms with Gasteiger partial charge in [-0.15, -0.1) is 0 Å². The number of sulfonamides is 1. The van der Waals surface area contributed by atoms with Crippen LogP contribution in [0.15, 0.2) is 24.3 Å². The van der Waals surface area contributed by atoms with E-state index >= 15 is 0 Å². The zero-order valence-electron chi connectivity index (χ0n) is 18.1. The molecule has 2 amide bonds. The summed E-state index contributed by atoms with van der Waals surface area (Å²) in [5, 5.41) is 3.07. The molecule has 0 radical (unpaired) electrons. The first-order chi connectivity index (χ1) is 14.8. The summed E-state index contributed by atoms with van der Waals surface area (Å²) in [7, 11) is -3.22. The summed E-state index contributed by atoms with van der Waals surface area (Å²) in [6, 6.07) is 5.94. The maximum atomic E-state index is 13.9. The Morgan fingerprint density at radius 1 is 1.06 bits per heavy atom. The van der Waals surface area contributed by atoms with Crippen molar-refractivity contribution >= 4 is 21.8 Å². The molecular formula is C22H32FN3O4S. The molecule has 3 rings (SSSR count). The summed E-state index contributed by atoms with van der Waals surface area (Å²) in [6.07, 6.45) is 3.79. The number of piperidine rings is 2. The van der Waals surface area contributed by atoms with Crippen LogP contribution in [0.1, 0.15) is 55.8 Å². The van der Waals surface area contributed by atoms with E-state index in [9.17, 15) is 22.4 Å². The normalized spacial score (nSPS) is 19.4. The van der Waals surface area contributed by atoms with Crippen LogP contribution in [0.5, 0.6) is 0 Å². The van der Waals surface area contributed by atoms with Crippen LogP contribution >= 0.6 is 0 Å². The average Bonchev–Trinajstić information content (AvgIpc) is 2.78. The van der Waals surface area contributed by atoms with Crippen LogP contribution in [0, 0.1) is 11.7 Å². The largest absolute Gasteiger partial charge is 0.353 e. The molecule has 1 aromatic carbocycles. The SMILES string of the molecule is CCCCS(=O)(=O)N1CCC(C(=O)NC2CCN(C(=O)c3ccccc3F)CC2)CC1. The zero-order valence-corrected chi connectivity index (χ0v) is 18.9. The highest BCUT2D eigenvalue weighted by Crippen LogP contribution is 2.22. The Morgan fingerprint density at radius 2 is 1.71 bits per heavy atom. The van der Waals surface area contributed by atoms with E-state index in [1.54, 1.807) is 17.0 Å². The van der Waals surface area contributed by atoms with Gasteiger partial charge in [0.2, 0.25) is 15.9 Å². The predicted octanol–water partition coefficient (Wildman–Crippen LogP) is 2.39. The molecule has 1 aromatic rings. The number of amides is 2.